The number of rotatable bonds is 15. The first-order valence-corrected chi connectivity index (χ1v) is 47.5. The van der Waals surface area contributed by atoms with Crippen LogP contribution in [0.2, 0.25) is 50.2 Å². The van der Waals surface area contributed by atoms with Gasteiger partial charge in [0.25, 0.3) is 16.7 Å². The number of carbonyl (C=O) groups excluding carboxylic acids is 3. The zero-order valence-corrected chi connectivity index (χ0v) is 85.6. The normalized spacial score (nSPS) is 16.6. The van der Waals surface area contributed by atoms with Gasteiger partial charge in [0.2, 0.25) is 17.7 Å². The fourth-order valence-electron chi connectivity index (χ4n) is 18.7. The highest BCUT2D eigenvalue weighted by atomic mass is 35.5. The number of halogens is 15. The van der Waals surface area contributed by atoms with Crippen molar-refractivity contribution < 1.29 is 51.7 Å². The van der Waals surface area contributed by atoms with Crippen LogP contribution in [0.3, 0.4) is 0 Å². The number of hydrogen-bond acceptors (Lipinski definition) is 21. The maximum absolute atomic E-state index is 15.6. The molecule has 732 valence electrons. The molecule has 3 aliphatic heterocycles. The summed E-state index contributed by atoms with van der Waals surface area (Å²) in [6, 6.07) is 13.6. The minimum Gasteiger partial charge on any atom is -0.505 e. The lowest BCUT2D eigenvalue weighted by atomic mass is 10.0. The fourth-order valence-corrected chi connectivity index (χ4v) is 21.3. The van der Waals surface area contributed by atoms with Crippen molar-refractivity contribution in [3.8, 4) is 86.3 Å². The number of pyridine rings is 9. The van der Waals surface area contributed by atoms with Crippen molar-refractivity contribution in [3.63, 3.8) is 0 Å². The van der Waals surface area contributed by atoms with Crippen LogP contribution in [0, 0.1) is 83.9 Å². The number of nitrogens with zero attached hydrogens (tertiary/aromatic N) is 18. The number of hydrogen-bond donors (Lipinski definition) is 3. The smallest absolute Gasteiger partial charge is 0.276 e. The Morgan fingerprint density at radius 1 is 0.383 bits per heavy atom. The summed E-state index contributed by atoms with van der Waals surface area (Å²) in [5, 5.41) is 57.8. The zero-order valence-electron chi connectivity index (χ0n) is 78.0. The summed E-state index contributed by atoms with van der Waals surface area (Å²) in [5.74, 6) is -10.9. The summed E-state index contributed by atoms with van der Waals surface area (Å²) in [4.78, 5) is 120. The molecule has 15 rings (SSSR count). The molecule has 3 fully saturated rings. The second-order valence-corrected chi connectivity index (χ2v) is 39.0. The molecule has 3 saturated heterocycles. The third kappa shape index (κ3) is 18.5. The Bertz CT molecular complexity index is 6870. The molecule has 0 saturated carbocycles. The van der Waals surface area contributed by atoms with Crippen LogP contribution < -0.4 is 31.4 Å². The van der Waals surface area contributed by atoms with Crippen LogP contribution in [0.4, 0.5) is 39.0 Å². The van der Waals surface area contributed by atoms with Crippen molar-refractivity contribution in [2.45, 2.75) is 158 Å². The Labute approximate surface area is 855 Å². The molecule has 3 aromatic carbocycles. The summed E-state index contributed by atoms with van der Waals surface area (Å²) in [7, 11) is 0. The topological polar surface area (TPSA) is 346 Å². The molecule has 27 nitrogen and oxygen atoms in total. The predicted octanol–water partition coefficient (Wildman–Crippen LogP) is 22.4. The molecule has 12 aromatic rings. The van der Waals surface area contributed by atoms with Crippen LogP contribution in [0.1, 0.15) is 151 Å². The van der Waals surface area contributed by atoms with E-state index < -0.39 is 109 Å². The molecule has 0 radical (unpaired) electrons. The number of fused-ring (bicyclic) bond motifs is 3. The molecule has 0 spiro atoms. The van der Waals surface area contributed by atoms with E-state index in [0.717, 1.165) is 0 Å². The standard InChI is InChI=1S/C33H29Cl4FN6O3.2C33H29Cl3F2N6O3/c1-7-21(45)43-16(5)12-42(13-17(43)6)30-18-10-20(34)28(22-23(35)26(38)25(37)31(46)24(22)36)41-32(18)44(33(47)19(30)11-39)29-15(4)8-9-40-27(29)14(2)3;2*1-7-21(45)43-16(5)12-42(13-17(43)6)30-18-10-20(34)28(22-23(35)26(38)24(36)31(46)25(22)37)41-32(18)44(33(47)19(30)11-39)29-15(4)8-9-40-27(29)14(2)3/h3*7-10,14,16-17,46H,1,12-13H2,2-6H3/t3*16-,17+. The third-order valence-electron chi connectivity index (χ3n) is 24.8. The number of amides is 3. The molecule has 6 atom stereocenters. The quantitative estimate of drug-likeness (QED) is 0.0371. The summed E-state index contributed by atoms with van der Waals surface area (Å²) in [6.07, 6.45) is 8.53. The zero-order chi connectivity index (χ0) is 104. The van der Waals surface area contributed by atoms with Crippen LogP contribution >= 0.6 is 116 Å². The van der Waals surface area contributed by atoms with E-state index in [2.05, 4.69) is 62.9 Å². The number of benzene rings is 3. The molecular formula is C99H87Cl10F5N18O9. The van der Waals surface area contributed by atoms with E-state index in [9.17, 15) is 68.7 Å². The highest BCUT2D eigenvalue weighted by molar-refractivity contribution is 6.45. The van der Waals surface area contributed by atoms with Gasteiger partial charge in [0.15, 0.2) is 46.3 Å². The average molecular weight is 2120 g/mol. The van der Waals surface area contributed by atoms with Crippen molar-refractivity contribution >= 4 is 184 Å². The summed E-state index contributed by atoms with van der Waals surface area (Å²) in [6.45, 7) is 40.0. The lowest BCUT2D eigenvalue weighted by Crippen LogP contribution is -2.58. The fraction of sp³-hybridized carbons (Fsp3) is 0.303. The van der Waals surface area contributed by atoms with E-state index in [0.29, 0.717) is 56.2 Å². The van der Waals surface area contributed by atoms with Crippen molar-refractivity contribution in [2.75, 3.05) is 54.0 Å². The number of anilines is 3. The third-order valence-corrected chi connectivity index (χ3v) is 28.1. The van der Waals surface area contributed by atoms with Gasteiger partial charge in [0, 0.05) is 116 Å². The van der Waals surface area contributed by atoms with Gasteiger partial charge in [-0.1, -0.05) is 177 Å². The van der Waals surface area contributed by atoms with Gasteiger partial charge in [-0.15, -0.1) is 0 Å². The molecule has 3 N–H and O–H groups in total. The first kappa shape index (κ1) is 106. The lowest BCUT2D eigenvalue weighted by Gasteiger charge is -2.45. The Kier molecular flexibility index (Phi) is 31.3. The van der Waals surface area contributed by atoms with Gasteiger partial charge in [0.1, 0.15) is 66.9 Å². The van der Waals surface area contributed by atoms with E-state index in [-0.39, 0.29) is 210 Å². The van der Waals surface area contributed by atoms with E-state index in [1.807, 2.05) is 97.8 Å². The molecule has 0 aliphatic carbocycles. The minimum absolute atomic E-state index is 0.0493. The summed E-state index contributed by atoms with van der Waals surface area (Å²) >= 11 is 63.0. The van der Waals surface area contributed by atoms with Gasteiger partial charge in [0.05, 0.1) is 115 Å². The van der Waals surface area contributed by atoms with Gasteiger partial charge < -0.3 is 44.7 Å². The number of carbonyl (C=O) groups is 3. The van der Waals surface area contributed by atoms with Gasteiger partial charge in [-0.05, 0) is 151 Å². The molecule has 9 aromatic heterocycles. The Morgan fingerprint density at radius 2 is 0.617 bits per heavy atom. The number of aryl methyl sites for hydroxylation is 3. The van der Waals surface area contributed by atoms with Crippen molar-refractivity contribution in [1.82, 2.24) is 58.3 Å². The molecule has 42 heteroatoms. The second kappa shape index (κ2) is 41.7. The SMILES string of the molecule is C=CC(=O)N1[C@H](C)CN(c2c(C#N)c(=O)n(-c3c(C)ccnc3C(C)C)c3nc(-c4c(Cl)c(O)c(Cl)c(F)c4Cl)c(Cl)cc23)C[C@@H]1C.C=CC(=O)N1[C@H](C)CN(c2c(C#N)c(=O)n(-c3c(C)ccnc3C(C)C)c3nc(-c4c(F)c(O)c(Cl)c(F)c4Cl)c(Cl)cc23)C[C@@H]1C.C=CC(=O)N1[C@H](C)CN(c2c(C#N)c(=O)n(-c3c(C)ccnc3C(C)C)c3nc(-c4c(F)c(O)c(Cl)c(F)c4Cl)c(Cl)cc23)C[C@@H]1C. The molecule has 141 heavy (non-hydrogen) atoms. The Hall–Kier alpha value is -12.4. The predicted molar refractivity (Wildman–Crippen MR) is 542 cm³/mol. The van der Waals surface area contributed by atoms with Crippen molar-refractivity contribution in [3.05, 3.63) is 254 Å². The van der Waals surface area contributed by atoms with E-state index >= 15 is 13.2 Å². The lowest BCUT2D eigenvalue weighted by molar-refractivity contribution is -0.131. The van der Waals surface area contributed by atoms with Crippen LogP contribution in [0.15, 0.2) is 107 Å². The summed E-state index contributed by atoms with van der Waals surface area (Å²) in [5.41, 5.74) is -0.0224. The Morgan fingerprint density at radius 3 is 0.851 bits per heavy atom. The number of phenols is 3. The number of nitriles is 3. The monoisotopic (exact) mass is 2120 g/mol. The molecule has 0 bridgehead atoms. The van der Waals surface area contributed by atoms with Crippen LogP contribution in [0.5, 0.6) is 17.2 Å². The number of aromatic nitrogens is 9. The average Bonchev–Trinajstić information content (AvgIpc) is 0.725. The van der Waals surface area contributed by atoms with Crippen LogP contribution in [0.25, 0.3) is 83.9 Å². The maximum atomic E-state index is 15.6. The van der Waals surface area contributed by atoms with Gasteiger partial charge in [-0.2, -0.15) is 15.8 Å². The first-order chi connectivity index (χ1) is 66.5. The number of phenolic OH excluding ortho intramolecular Hbond substituents is 3. The van der Waals surface area contributed by atoms with E-state index in [1.54, 1.807) is 72.3 Å². The van der Waals surface area contributed by atoms with Gasteiger partial charge in [-0.3, -0.25) is 57.4 Å². The Balaban J connectivity index is 0.000000178. The molecule has 3 amide bonds. The largest absolute Gasteiger partial charge is 0.505 e. The molecule has 12 heterocycles. The second-order valence-electron chi connectivity index (χ2n) is 35.1. The van der Waals surface area contributed by atoms with Gasteiger partial charge >= 0.3 is 0 Å². The van der Waals surface area contributed by atoms with E-state index in [1.165, 1.54) is 50.1 Å². The maximum Gasteiger partial charge on any atom is 0.276 e. The first-order valence-electron chi connectivity index (χ1n) is 43.7. The summed E-state index contributed by atoms with van der Waals surface area (Å²) < 4.78 is 79.8. The van der Waals surface area contributed by atoms with Gasteiger partial charge in [-0.25, -0.2) is 36.9 Å². The number of piperazine rings is 3. The van der Waals surface area contributed by atoms with Crippen molar-refractivity contribution in [2.24, 2.45) is 0 Å². The molecular weight excluding hydrogens is 2030 g/mol. The van der Waals surface area contributed by atoms with Crippen LogP contribution in [-0.2, 0) is 14.4 Å². The highest BCUT2D eigenvalue weighted by Crippen LogP contribution is 2.52. The highest BCUT2D eigenvalue weighted by Gasteiger charge is 2.42. The van der Waals surface area contributed by atoms with Crippen molar-refractivity contribution in [1.29, 1.82) is 15.8 Å². The minimum atomic E-state index is -1.37. The number of aromatic hydroxyl groups is 3. The molecule has 3 aliphatic rings. The van der Waals surface area contributed by atoms with E-state index in [4.69, 9.17) is 121 Å². The van der Waals surface area contributed by atoms with Crippen LogP contribution in [-0.4, -0.2) is 167 Å². The molecule has 0 unspecified atom stereocenters.